The minimum Gasteiger partial charge on any atom is -0.496 e. The van der Waals surface area contributed by atoms with Gasteiger partial charge in [0.05, 0.1) is 24.9 Å². The van der Waals surface area contributed by atoms with E-state index in [0.717, 1.165) is 0 Å². The Hall–Kier alpha value is -2.34. The summed E-state index contributed by atoms with van der Waals surface area (Å²) in [6.45, 7) is 8.81. The van der Waals surface area contributed by atoms with Crippen molar-refractivity contribution in [3.05, 3.63) is 35.5 Å². The highest BCUT2D eigenvalue weighted by Gasteiger charge is 2.44. The Morgan fingerprint density at radius 1 is 1.08 bits per heavy atom. The molecule has 0 radical (unpaired) electrons. The minimum absolute atomic E-state index is 0.0128. The lowest BCUT2D eigenvalue weighted by molar-refractivity contribution is -0.140. The molecule has 3 rings (SSSR count). The van der Waals surface area contributed by atoms with Crippen molar-refractivity contribution in [1.29, 1.82) is 0 Å². The number of hydrogen-bond acceptors (Lipinski definition) is 5. The second-order valence-corrected chi connectivity index (χ2v) is 7.16. The average molecular weight is 358 g/mol. The first kappa shape index (κ1) is 18.5. The second-order valence-electron chi connectivity index (χ2n) is 7.16. The maximum absolute atomic E-state index is 13.2. The number of amides is 2. The number of imide groups is 1. The normalized spacial score (nSPS) is 24.1. The van der Waals surface area contributed by atoms with E-state index in [1.165, 1.54) is 4.90 Å². The smallest absolute Gasteiger partial charge is 0.278 e. The monoisotopic (exact) mass is 358 g/mol. The molecule has 26 heavy (non-hydrogen) atoms. The van der Waals surface area contributed by atoms with E-state index < -0.39 is 0 Å². The quantitative estimate of drug-likeness (QED) is 0.773. The van der Waals surface area contributed by atoms with Gasteiger partial charge in [0.1, 0.15) is 11.4 Å². The summed E-state index contributed by atoms with van der Waals surface area (Å²) < 4.78 is 11.3. The predicted octanol–water partition coefficient (Wildman–Crippen LogP) is 2.29. The van der Waals surface area contributed by atoms with E-state index in [2.05, 4.69) is 0 Å². The summed E-state index contributed by atoms with van der Waals surface area (Å²) in [6, 6.07) is 7.12. The number of carbonyl (C=O) groups is 2. The summed E-state index contributed by atoms with van der Waals surface area (Å²) in [5.74, 6) is 0.0737. The van der Waals surface area contributed by atoms with Crippen LogP contribution in [0.4, 0.5) is 0 Å². The maximum Gasteiger partial charge on any atom is 0.278 e. The third kappa shape index (κ3) is 3.09. The number of methoxy groups -OCH3 is 1. The lowest BCUT2D eigenvalue weighted by Crippen LogP contribution is -2.47. The first-order valence-corrected chi connectivity index (χ1v) is 9.01. The summed E-state index contributed by atoms with van der Waals surface area (Å²) in [7, 11) is 1.57. The molecule has 0 saturated carbocycles. The van der Waals surface area contributed by atoms with Crippen LogP contribution in [0.25, 0.3) is 5.57 Å². The summed E-state index contributed by atoms with van der Waals surface area (Å²) in [6.07, 6.45) is -0.0256. The zero-order chi connectivity index (χ0) is 19.0. The fourth-order valence-corrected chi connectivity index (χ4v) is 3.75. The first-order chi connectivity index (χ1) is 12.3. The highest BCUT2D eigenvalue weighted by Crippen LogP contribution is 2.37. The van der Waals surface area contributed by atoms with Crippen molar-refractivity contribution in [2.24, 2.45) is 0 Å². The van der Waals surface area contributed by atoms with Crippen LogP contribution in [0.3, 0.4) is 0 Å². The van der Waals surface area contributed by atoms with Crippen LogP contribution >= 0.6 is 0 Å². The Labute approximate surface area is 154 Å². The largest absolute Gasteiger partial charge is 0.496 e. The molecule has 0 spiro atoms. The number of nitrogens with zero attached hydrogens (tertiary/aromatic N) is 2. The fraction of sp³-hybridized carbons (Fsp3) is 0.500. The Morgan fingerprint density at radius 3 is 2.27 bits per heavy atom. The first-order valence-electron chi connectivity index (χ1n) is 9.01. The van der Waals surface area contributed by atoms with Crippen molar-refractivity contribution in [1.82, 2.24) is 9.80 Å². The molecule has 6 nitrogen and oxygen atoms in total. The van der Waals surface area contributed by atoms with E-state index in [9.17, 15) is 9.59 Å². The highest BCUT2D eigenvalue weighted by molar-refractivity contribution is 6.36. The van der Waals surface area contributed by atoms with E-state index in [-0.39, 0.29) is 30.1 Å². The summed E-state index contributed by atoms with van der Waals surface area (Å²) >= 11 is 0. The molecule has 2 heterocycles. The van der Waals surface area contributed by atoms with Crippen LogP contribution in [-0.2, 0) is 14.3 Å². The zero-order valence-electron chi connectivity index (χ0n) is 16.0. The minimum atomic E-state index is -0.267. The number of para-hydroxylation sites is 1. The summed E-state index contributed by atoms with van der Waals surface area (Å²) in [5.41, 5.74) is 1.52. The van der Waals surface area contributed by atoms with Crippen molar-refractivity contribution >= 4 is 17.4 Å². The SMILES string of the molecule is COc1ccccc1C1=C(N2CC(C)OC(C)C2)C(=O)N(C(C)C)C1=O. The van der Waals surface area contributed by atoms with Gasteiger partial charge in [-0.05, 0) is 33.8 Å². The number of morpholine rings is 1. The van der Waals surface area contributed by atoms with Gasteiger partial charge in [0, 0.05) is 24.7 Å². The third-order valence-corrected chi connectivity index (χ3v) is 4.72. The van der Waals surface area contributed by atoms with Gasteiger partial charge in [0.25, 0.3) is 11.8 Å². The van der Waals surface area contributed by atoms with Crippen molar-refractivity contribution in [2.75, 3.05) is 20.2 Å². The van der Waals surface area contributed by atoms with Crippen LogP contribution in [-0.4, -0.2) is 60.1 Å². The number of rotatable bonds is 4. The molecule has 2 aliphatic rings. The van der Waals surface area contributed by atoms with Crippen LogP contribution < -0.4 is 4.74 Å². The predicted molar refractivity (Wildman–Crippen MR) is 98.5 cm³/mol. The lowest BCUT2D eigenvalue weighted by Gasteiger charge is -2.37. The van der Waals surface area contributed by atoms with Gasteiger partial charge in [-0.2, -0.15) is 0 Å². The molecule has 2 amide bonds. The Kier molecular flexibility index (Phi) is 5.05. The van der Waals surface area contributed by atoms with E-state index in [1.807, 2.05) is 50.8 Å². The molecular weight excluding hydrogens is 332 g/mol. The molecule has 2 aliphatic heterocycles. The van der Waals surface area contributed by atoms with Gasteiger partial charge in [-0.25, -0.2) is 0 Å². The molecule has 1 saturated heterocycles. The van der Waals surface area contributed by atoms with Crippen molar-refractivity contribution in [3.8, 4) is 5.75 Å². The zero-order valence-corrected chi connectivity index (χ0v) is 16.0. The Morgan fingerprint density at radius 2 is 1.69 bits per heavy atom. The highest BCUT2D eigenvalue weighted by atomic mass is 16.5. The number of benzene rings is 1. The Balaban J connectivity index is 2.16. The van der Waals surface area contributed by atoms with E-state index in [1.54, 1.807) is 13.2 Å². The molecule has 2 atom stereocenters. The number of carbonyl (C=O) groups excluding carboxylic acids is 2. The average Bonchev–Trinajstić information content (AvgIpc) is 2.84. The fourth-order valence-electron chi connectivity index (χ4n) is 3.75. The molecule has 2 unspecified atom stereocenters. The van der Waals surface area contributed by atoms with Crippen molar-refractivity contribution in [3.63, 3.8) is 0 Å². The topological polar surface area (TPSA) is 59.1 Å². The molecule has 1 aromatic rings. The lowest BCUT2D eigenvalue weighted by atomic mass is 10.0. The molecule has 6 heteroatoms. The van der Waals surface area contributed by atoms with Crippen molar-refractivity contribution in [2.45, 2.75) is 45.9 Å². The molecule has 0 bridgehead atoms. The van der Waals surface area contributed by atoms with E-state index in [4.69, 9.17) is 9.47 Å². The van der Waals surface area contributed by atoms with Gasteiger partial charge in [0.15, 0.2) is 0 Å². The molecule has 0 aliphatic carbocycles. The van der Waals surface area contributed by atoms with Gasteiger partial charge in [-0.15, -0.1) is 0 Å². The standard InChI is InChI=1S/C20H26N2O4/c1-12(2)22-19(23)17(15-8-6-7-9-16(15)25-5)18(20(22)24)21-10-13(3)26-14(4)11-21/h6-9,12-14H,10-11H2,1-5H3. The molecule has 0 N–H and O–H groups in total. The van der Waals surface area contributed by atoms with Crippen LogP contribution in [0.1, 0.15) is 33.3 Å². The maximum atomic E-state index is 13.2. The van der Waals surface area contributed by atoms with Gasteiger partial charge < -0.3 is 14.4 Å². The molecule has 1 aromatic carbocycles. The van der Waals surface area contributed by atoms with E-state index >= 15 is 0 Å². The Bertz CT molecular complexity index is 746. The van der Waals surface area contributed by atoms with Gasteiger partial charge in [-0.1, -0.05) is 18.2 Å². The van der Waals surface area contributed by atoms with Crippen LogP contribution in [0, 0.1) is 0 Å². The second kappa shape index (κ2) is 7.11. The van der Waals surface area contributed by atoms with Crippen LogP contribution in [0.5, 0.6) is 5.75 Å². The van der Waals surface area contributed by atoms with Crippen LogP contribution in [0.15, 0.2) is 30.0 Å². The third-order valence-electron chi connectivity index (χ3n) is 4.72. The molecule has 140 valence electrons. The van der Waals surface area contributed by atoms with Gasteiger partial charge in [-0.3, -0.25) is 14.5 Å². The summed E-state index contributed by atoms with van der Waals surface area (Å²) in [4.78, 5) is 29.7. The van der Waals surface area contributed by atoms with Crippen molar-refractivity contribution < 1.29 is 19.1 Å². The number of ether oxygens (including phenoxy) is 2. The number of hydrogen-bond donors (Lipinski definition) is 0. The molecular formula is C20H26N2O4. The van der Waals surface area contributed by atoms with Gasteiger partial charge in [0.2, 0.25) is 0 Å². The van der Waals surface area contributed by atoms with Gasteiger partial charge >= 0.3 is 0 Å². The summed E-state index contributed by atoms with van der Waals surface area (Å²) in [5, 5.41) is 0. The van der Waals surface area contributed by atoms with E-state index in [0.29, 0.717) is 35.7 Å². The van der Waals surface area contributed by atoms with Crippen LogP contribution in [0.2, 0.25) is 0 Å². The molecule has 0 aromatic heterocycles. The molecule has 1 fully saturated rings.